The second-order valence-electron chi connectivity index (χ2n) is 8.07. The third kappa shape index (κ3) is 3.04. The molecule has 0 saturated heterocycles. The van der Waals surface area contributed by atoms with Crippen LogP contribution in [0.15, 0.2) is 36.4 Å². The van der Waals surface area contributed by atoms with Crippen molar-refractivity contribution in [2.45, 2.75) is 46.1 Å². The van der Waals surface area contributed by atoms with Gasteiger partial charge in [0, 0.05) is 24.5 Å². The zero-order valence-electron chi connectivity index (χ0n) is 15.6. The normalized spacial score (nSPS) is 16.2. The maximum atomic E-state index is 5.56. The van der Waals surface area contributed by atoms with Crippen LogP contribution in [0.25, 0.3) is 0 Å². The summed E-state index contributed by atoms with van der Waals surface area (Å²) in [7, 11) is 0. The van der Waals surface area contributed by atoms with Gasteiger partial charge in [-0.25, -0.2) is 4.58 Å². The molecule has 130 valence electrons. The standard InChI is InChI=1S/C22H26NO2/c1-15-19-12-21-20(24-14-25-21)11-17(19)9-10-23(15)13-16-5-7-18(8-6-16)22(2,3)4/h5-8,11-12H,9-10,13-14H2,1-4H3/q+1. The average molecular weight is 336 g/mol. The van der Waals surface area contributed by atoms with Crippen molar-refractivity contribution in [1.29, 1.82) is 0 Å². The van der Waals surface area contributed by atoms with Gasteiger partial charge in [0.05, 0.1) is 0 Å². The van der Waals surface area contributed by atoms with E-state index in [9.17, 15) is 0 Å². The molecule has 2 aromatic rings. The molecule has 0 aliphatic carbocycles. The summed E-state index contributed by atoms with van der Waals surface area (Å²) in [5.41, 5.74) is 6.92. The fraction of sp³-hybridized carbons (Fsp3) is 0.409. The summed E-state index contributed by atoms with van der Waals surface area (Å²) in [5.74, 6) is 1.76. The van der Waals surface area contributed by atoms with Gasteiger partial charge in [-0.15, -0.1) is 0 Å². The van der Waals surface area contributed by atoms with E-state index in [-0.39, 0.29) is 5.41 Å². The van der Waals surface area contributed by atoms with Crippen molar-refractivity contribution in [3.8, 4) is 11.5 Å². The van der Waals surface area contributed by atoms with Crippen molar-refractivity contribution in [2.75, 3.05) is 13.3 Å². The van der Waals surface area contributed by atoms with E-state index >= 15 is 0 Å². The van der Waals surface area contributed by atoms with Gasteiger partial charge in [0.15, 0.2) is 23.8 Å². The van der Waals surface area contributed by atoms with E-state index in [4.69, 9.17) is 9.47 Å². The highest BCUT2D eigenvalue weighted by molar-refractivity contribution is 5.97. The average Bonchev–Trinajstić information content (AvgIpc) is 3.03. The van der Waals surface area contributed by atoms with Crippen LogP contribution in [0.3, 0.4) is 0 Å². The summed E-state index contributed by atoms with van der Waals surface area (Å²) in [5, 5.41) is 0. The number of ether oxygens (including phenoxy) is 2. The van der Waals surface area contributed by atoms with Gasteiger partial charge in [-0.3, -0.25) is 0 Å². The molecule has 25 heavy (non-hydrogen) atoms. The van der Waals surface area contributed by atoms with Gasteiger partial charge in [0.2, 0.25) is 6.79 Å². The van der Waals surface area contributed by atoms with Gasteiger partial charge < -0.3 is 9.47 Å². The summed E-state index contributed by atoms with van der Waals surface area (Å²) in [6.07, 6.45) is 1.05. The Balaban J connectivity index is 1.62. The second kappa shape index (κ2) is 5.91. The molecule has 0 unspecified atom stereocenters. The number of rotatable bonds is 2. The fourth-order valence-electron chi connectivity index (χ4n) is 3.65. The van der Waals surface area contributed by atoms with Crippen LogP contribution in [0.4, 0.5) is 0 Å². The molecular formula is C22H26NO2+. The molecule has 0 bridgehead atoms. The minimum atomic E-state index is 0.201. The Kier molecular flexibility index (Phi) is 3.82. The minimum absolute atomic E-state index is 0.201. The first kappa shape index (κ1) is 16.2. The van der Waals surface area contributed by atoms with Crippen molar-refractivity contribution in [1.82, 2.24) is 0 Å². The van der Waals surface area contributed by atoms with Crippen LogP contribution < -0.4 is 9.47 Å². The first-order valence-corrected chi connectivity index (χ1v) is 9.02. The Labute approximate surface area is 149 Å². The quantitative estimate of drug-likeness (QED) is 0.763. The molecule has 0 spiro atoms. The maximum absolute atomic E-state index is 5.56. The van der Waals surface area contributed by atoms with E-state index in [1.807, 2.05) is 0 Å². The molecule has 3 nitrogen and oxygen atoms in total. The summed E-state index contributed by atoms with van der Waals surface area (Å²) in [6.45, 7) is 11.3. The van der Waals surface area contributed by atoms with E-state index in [0.29, 0.717) is 6.79 Å². The molecule has 0 radical (unpaired) electrons. The largest absolute Gasteiger partial charge is 0.454 e. The molecule has 2 heterocycles. The van der Waals surface area contributed by atoms with Crippen molar-refractivity contribution < 1.29 is 14.0 Å². The lowest BCUT2D eigenvalue weighted by atomic mass is 9.86. The van der Waals surface area contributed by atoms with Crippen LogP contribution in [0.2, 0.25) is 0 Å². The van der Waals surface area contributed by atoms with E-state index in [0.717, 1.165) is 31.0 Å². The van der Waals surface area contributed by atoms with E-state index in [1.54, 1.807) is 0 Å². The topological polar surface area (TPSA) is 21.5 Å². The number of benzene rings is 2. The van der Waals surface area contributed by atoms with E-state index < -0.39 is 0 Å². The Morgan fingerprint density at radius 2 is 1.68 bits per heavy atom. The van der Waals surface area contributed by atoms with Crippen LogP contribution in [-0.4, -0.2) is 23.6 Å². The summed E-state index contributed by atoms with van der Waals surface area (Å²) in [4.78, 5) is 0. The molecule has 4 rings (SSSR count). The second-order valence-corrected chi connectivity index (χ2v) is 8.07. The molecule has 0 N–H and O–H groups in total. The molecule has 3 heteroatoms. The first-order chi connectivity index (χ1) is 11.9. The summed E-state index contributed by atoms with van der Waals surface area (Å²) >= 11 is 0. The molecule has 0 amide bonds. The molecule has 2 aromatic carbocycles. The number of nitrogens with zero attached hydrogens (tertiary/aromatic N) is 1. The van der Waals surface area contributed by atoms with E-state index in [1.165, 1.54) is 28.0 Å². The van der Waals surface area contributed by atoms with Gasteiger partial charge in [-0.1, -0.05) is 45.0 Å². The lowest BCUT2D eigenvalue weighted by Gasteiger charge is -2.20. The van der Waals surface area contributed by atoms with Gasteiger partial charge in [0.25, 0.3) is 0 Å². The zero-order valence-corrected chi connectivity index (χ0v) is 15.6. The van der Waals surface area contributed by atoms with Crippen molar-refractivity contribution in [2.24, 2.45) is 0 Å². The monoisotopic (exact) mass is 336 g/mol. The Morgan fingerprint density at radius 1 is 1.00 bits per heavy atom. The van der Waals surface area contributed by atoms with Crippen LogP contribution in [0, 0.1) is 0 Å². The maximum Gasteiger partial charge on any atom is 0.231 e. The van der Waals surface area contributed by atoms with Gasteiger partial charge >= 0.3 is 0 Å². The molecule has 2 aliphatic rings. The predicted molar refractivity (Wildman–Crippen MR) is 100 cm³/mol. The smallest absolute Gasteiger partial charge is 0.231 e. The Bertz CT molecular complexity index is 842. The predicted octanol–water partition coefficient (Wildman–Crippen LogP) is 4.29. The summed E-state index contributed by atoms with van der Waals surface area (Å²) < 4.78 is 13.5. The van der Waals surface area contributed by atoms with Gasteiger partial charge in [0.1, 0.15) is 6.54 Å². The van der Waals surface area contributed by atoms with Crippen molar-refractivity contribution in [3.05, 3.63) is 58.7 Å². The number of hydrogen-bond acceptors (Lipinski definition) is 2. The van der Waals surface area contributed by atoms with Crippen molar-refractivity contribution >= 4 is 5.71 Å². The Hall–Kier alpha value is -2.29. The zero-order chi connectivity index (χ0) is 17.6. The highest BCUT2D eigenvalue weighted by Crippen LogP contribution is 2.36. The fourth-order valence-corrected chi connectivity index (χ4v) is 3.65. The van der Waals surface area contributed by atoms with Crippen LogP contribution in [0.5, 0.6) is 11.5 Å². The SMILES string of the molecule is CC1=[N+](Cc2ccc(C(C)(C)C)cc2)CCc2cc3c(cc21)OCO3. The van der Waals surface area contributed by atoms with Crippen LogP contribution >= 0.6 is 0 Å². The van der Waals surface area contributed by atoms with E-state index in [2.05, 4.69) is 68.7 Å². The Morgan fingerprint density at radius 3 is 2.36 bits per heavy atom. The highest BCUT2D eigenvalue weighted by Gasteiger charge is 2.26. The third-order valence-corrected chi connectivity index (χ3v) is 5.31. The van der Waals surface area contributed by atoms with Gasteiger partial charge in [-0.05, 0) is 28.7 Å². The first-order valence-electron chi connectivity index (χ1n) is 9.02. The third-order valence-electron chi connectivity index (χ3n) is 5.31. The molecule has 0 atom stereocenters. The lowest BCUT2D eigenvalue weighted by molar-refractivity contribution is -0.545. The summed E-state index contributed by atoms with van der Waals surface area (Å²) in [6, 6.07) is 13.4. The molecule has 0 aromatic heterocycles. The minimum Gasteiger partial charge on any atom is -0.454 e. The molecular weight excluding hydrogens is 310 g/mol. The number of hydrogen-bond donors (Lipinski definition) is 0. The van der Waals surface area contributed by atoms with Crippen LogP contribution in [0.1, 0.15) is 49.9 Å². The number of fused-ring (bicyclic) bond motifs is 2. The van der Waals surface area contributed by atoms with Crippen LogP contribution in [-0.2, 0) is 18.4 Å². The molecule has 0 fully saturated rings. The van der Waals surface area contributed by atoms with Gasteiger partial charge in [-0.2, -0.15) is 0 Å². The molecule has 0 saturated carbocycles. The highest BCUT2D eigenvalue weighted by atomic mass is 16.7. The lowest BCUT2D eigenvalue weighted by Crippen LogP contribution is -2.28. The van der Waals surface area contributed by atoms with Crippen molar-refractivity contribution in [3.63, 3.8) is 0 Å². The molecule has 2 aliphatic heterocycles.